The molecule has 4 heteroatoms. The standard InChI is InChI=1S/C18H22N2O2/c21-14-17(19-12-15-7-3-1-4-8-15)11-18(22)20-13-16-9-5-2-6-10-16/h1-10,17,19,21H,11-14H2,(H,20,22)/p+1/t17-/m1/s1. The number of amides is 1. The number of aliphatic hydroxyl groups excluding tert-OH is 1. The van der Waals surface area contributed by atoms with Gasteiger partial charge in [0.2, 0.25) is 5.91 Å². The quantitative estimate of drug-likeness (QED) is 0.675. The molecule has 0 aliphatic rings. The van der Waals surface area contributed by atoms with Crippen molar-refractivity contribution in [1.29, 1.82) is 0 Å². The lowest BCUT2D eigenvalue weighted by Gasteiger charge is -2.13. The van der Waals surface area contributed by atoms with Crippen LogP contribution in [0.2, 0.25) is 0 Å². The van der Waals surface area contributed by atoms with Crippen molar-refractivity contribution in [3.8, 4) is 0 Å². The molecule has 0 spiro atoms. The van der Waals surface area contributed by atoms with Crippen molar-refractivity contribution in [3.63, 3.8) is 0 Å². The highest BCUT2D eigenvalue weighted by atomic mass is 16.3. The second-order valence-electron chi connectivity index (χ2n) is 5.33. The van der Waals surface area contributed by atoms with Gasteiger partial charge in [0.25, 0.3) is 0 Å². The van der Waals surface area contributed by atoms with Gasteiger partial charge in [-0.3, -0.25) is 4.79 Å². The second kappa shape index (κ2) is 8.97. The summed E-state index contributed by atoms with van der Waals surface area (Å²) < 4.78 is 0. The number of carbonyl (C=O) groups is 1. The van der Waals surface area contributed by atoms with Crippen LogP contribution in [0.5, 0.6) is 0 Å². The molecular weight excluding hydrogens is 276 g/mol. The monoisotopic (exact) mass is 299 g/mol. The fraction of sp³-hybridized carbons (Fsp3) is 0.278. The van der Waals surface area contributed by atoms with Crippen LogP contribution in [0.1, 0.15) is 17.5 Å². The predicted octanol–water partition coefficient (Wildman–Crippen LogP) is 0.817. The van der Waals surface area contributed by atoms with Crippen molar-refractivity contribution in [2.24, 2.45) is 0 Å². The molecule has 0 aromatic heterocycles. The summed E-state index contributed by atoms with van der Waals surface area (Å²) in [6.45, 7) is 1.28. The largest absolute Gasteiger partial charge is 0.390 e. The molecular formula is C18H23N2O2+. The van der Waals surface area contributed by atoms with E-state index in [0.29, 0.717) is 13.0 Å². The molecule has 0 radical (unpaired) electrons. The molecule has 0 unspecified atom stereocenters. The van der Waals surface area contributed by atoms with Crippen LogP contribution in [0, 0.1) is 0 Å². The lowest BCUT2D eigenvalue weighted by Crippen LogP contribution is -2.89. The highest BCUT2D eigenvalue weighted by Gasteiger charge is 2.15. The van der Waals surface area contributed by atoms with Crippen molar-refractivity contribution < 1.29 is 15.2 Å². The summed E-state index contributed by atoms with van der Waals surface area (Å²) in [5.74, 6) is -0.0350. The van der Waals surface area contributed by atoms with Gasteiger partial charge in [-0.05, 0) is 5.56 Å². The average Bonchev–Trinajstić information content (AvgIpc) is 2.58. The molecule has 0 heterocycles. The number of aliphatic hydroxyl groups is 1. The van der Waals surface area contributed by atoms with Crippen LogP contribution in [0.4, 0.5) is 0 Å². The molecule has 22 heavy (non-hydrogen) atoms. The smallest absolute Gasteiger partial charge is 0.226 e. The number of quaternary nitrogens is 1. The number of hydrogen-bond acceptors (Lipinski definition) is 2. The van der Waals surface area contributed by atoms with Crippen molar-refractivity contribution >= 4 is 5.91 Å². The maximum absolute atomic E-state index is 12.0. The van der Waals surface area contributed by atoms with E-state index < -0.39 is 0 Å². The maximum Gasteiger partial charge on any atom is 0.226 e. The molecule has 2 rings (SSSR count). The van der Waals surface area contributed by atoms with E-state index in [2.05, 4.69) is 5.32 Å². The Morgan fingerprint density at radius 3 is 2.18 bits per heavy atom. The first-order valence-electron chi connectivity index (χ1n) is 7.56. The fourth-order valence-corrected chi connectivity index (χ4v) is 2.25. The van der Waals surface area contributed by atoms with Gasteiger partial charge in [-0.1, -0.05) is 60.7 Å². The number of benzene rings is 2. The van der Waals surface area contributed by atoms with Gasteiger partial charge >= 0.3 is 0 Å². The Bertz CT molecular complexity index is 558. The molecule has 2 aromatic rings. The van der Waals surface area contributed by atoms with Crippen LogP contribution >= 0.6 is 0 Å². The van der Waals surface area contributed by atoms with Gasteiger partial charge in [0.15, 0.2) is 0 Å². The SMILES string of the molecule is O=C(C[C@H](CO)[NH2+]Cc1ccccc1)NCc1ccccc1. The first-order chi connectivity index (χ1) is 10.8. The molecule has 0 aliphatic heterocycles. The van der Waals surface area contributed by atoms with Crippen LogP contribution in [-0.2, 0) is 17.9 Å². The van der Waals surface area contributed by atoms with Gasteiger partial charge in [-0.2, -0.15) is 0 Å². The summed E-state index contributed by atoms with van der Waals surface area (Å²) in [6, 6.07) is 19.7. The zero-order valence-corrected chi connectivity index (χ0v) is 12.6. The van der Waals surface area contributed by atoms with E-state index in [0.717, 1.165) is 12.1 Å². The minimum absolute atomic E-state index is 0.00834. The van der Waals surface area contributed by atoms with E-state index in [1.807, 2.05) is 66.0 Å². The minimum Gasteiger partial charge on any atom is -0.390 e. The molecule has 1 amide bonds. The zero-order valence-electron chi connectivity index (χ0n) is 12.6. The van der Waals surface area contributed by atoms with Crippen LogP contribution in [-0.4, -0.2) is 23.7 Å². The highest BCUT2D eigenvalue weighted by molar-refractivity contribution is 5.76. The molecule has 2 aromatic carbocycles. The fourth-order valence-electron chi connectivity index (χ4n) is 2.25. The van der Waals surface area contributed by atoms with E-state index in [1.165, 1.54) is 5.56 Å². The second-order valence-corrected chi connectivity index (χ2v) is 5.33. The maximum atomic E-state index is 12.0. The minimum atomic E-state index is -0.115. The van der Waals surface area contributed by atoms with E-state index in [9.17, 15) is 9.90 Å². The van der Waals surface area contributed by atoms with Crippen molar-refractivity contribution in [1.82, 2.24) is 5.32 Å². The lowest BCUT2D eigenvalue weighted by molar-refractivity contribution is -0.705. The summed E-state index contributed by atoms with van der Waals surface area (Å²) in [6.07, 6.45) is 0.316. The first kappa shape index (κ1) is 16.2. The number of carbonyl (C=O) groups excluding carboxylic acids is 1. The Labute approximate surface area is 131 Å². The third-order valence-corrected chi connectivity index (χ3v) is 3.54. The number of hydrogen-bond donors (Lipinski definition) is 3. The molecule has 0 saturated heterocycles. The third-order valence-electron chi connectivity index (χ3n) is 3.54. The Kier molecular flexibility index (Phi) is 6.61. The number of nitrogens with two attached hydrogens (primary N) is 1. The van der Waals surface area contributed by atoms with Crippen LogP contribution in [0.25, 0.3) is 0 Å². The molecule has 0 bridgehead atoms. The summed E-state index contributed by atoms with van der Waals surface area (Å²) >= 11 is 0. The number of rotatable bonds is 8. The van der Waals surface area contributed by atoms with Crippen LogP contribution in [0.15, 0.2) is 60.7 Å². The molecule has 4 N–H and O–H groups in total. The van der Waals surface area contributed by atoms with Crippen LogP contribution < -0.4 is 10.6 Å². The molecule has 1 atom stereocenters. The van der Waals surface area contributed by atoms with E-state index in [-0.39, 0.29) is 18.6 Å². The van der Waals surface area contributed by atoms with Crippen molar-refractivity contribution in [3.05, 3.63) is 71.8 Å². The summed E-state index contributed by atoms with van der Waals surface area (Å²) in [4.78, 5) is 12.0. The molecule has 0 aliphatic carbocycles. The summed E-state index contributed by atoms with van der Waals surface area (Å²) in [5, 5.41) is 14.3. The predicted molar refractivity (Wildman–Crippen MR) is 85.9 cm³/mol. The van der Waals surface area contributed by atoms with Gasteiger partial charge in [0, 0.05) is 12.1 Å². The summed E-state index contributed by atoms with van der Waals surface area (Å²) in [7, 11) is 0. The van der Waals surface area contributed by atoms with Crippen LogP contribution in [0.3, 0.4) is 0 Å². The highest BCUT2D eigenvalue weighted by Crippen LogP contribution is 1.98. The lowest BCUT2D eigenvalue weighted by atomic mass is 10.1. The molecule has 0 fully saturated rings. The Morgan fingerprint density at radius 2 is 1.59 bits per heavy atom. The van der Waals surface area contributed by atoms with Gasteiger partial charge in [-0.25, -0.2) is 0 Å². The molecule has 0 saturated carbocycles. The first-order valence-corrected chi connectivity index (χ1v) is 7.56. The topological polar surface area (TPSA) is 65.9 Å². The van der Waals surface area contributed by atoms with Gasteiger partial charge in [0.1, 0.15) is 12.6 Å². The van der Waals surface area contributed by atoms with Crippen molar-refractivity contribution in [2.75, 3.05) is 6.61 Å². The number of nitrogens with one attached hydrogen (secondary N) is 1. The Hall–Kier alpha value is -2.17. The van der Waals surface area contributed by atoms with Gasteiger partial charge in [-0.15, -0.1) is 0 Å². The summed E-state index contributed by atoms with van der Waals surface area (Å²) in [5.41, 5.74) is 2.26. The molecule has 116 valence electrons. The molecule has 4 nitrogen and oxygen atoms in total. The third kappa shape index (κ3) is 5.68. The average molecular weight is 299 g/mol. The van der Waals surface area contributed by atoms with E-state index in [4.69, 9.17) is 0 Å². The van der Waals surface area contributed by atoms with Crippen molar-refractivity contribution in [2.45, 2.75) is 25.6 Å². The van der Waals surface area contributed by atoms with E-state index >= 15 is 0 Å². The zero-order chi connectivity index (χ0) is 15.6. The van der Waals surface area contributed by atoms with E-state index in [1.54, 1.807) is 0 Å². The van der Waals surface area contributed by atoms with Gasteiger partial charge in [0.05, 0.1) is 13.0 Å². The van der Waals surface area contributed by atoms with Gasteiger partial charge < -0.3 is 15.7 Å². The Morgan fingerprint density at radius 1 is 1.00 bits per heavy atom. The normalized spacial score (nSPS) is 11.9. The Balaban J connectivity index is 1.73.